The molecule has 2 unspecified atom stereocenters. The Morgan fingerprint density at radius 2 is 1.62 bits per heavy atom. The molecule has 1 aliphatic heterocycles. The second-order valence-electron chi connectivity index (χ2n) is 5.45. The summed E-state index contributed by atoms with van der Waals surface area (Å²) in [5.41, 5.74) is 0.944. The molecule has 1 aliphatic rings. The van der Waals surface area contributed by atoms with Gasteiger partial charge in [0.1, 0.15) is 0 Å². The molecule has 0 aromatic heterocycles. The minimum absolute atomic E-state index is 0.0118. The summed E-state index contributed by atoms with van der Waals surface area (Å²) in [6.45, 7) is 9.88. The maximum atomic E-state index is 11.8. The lowest BCUT2D eigenvalue weighted by atomic mass is 10.2. The molecule has 2 rings (SSSR count). The van der Waals surface area contributed by atoms with Crippen LogP contribution in [0.15, 0.2) is 36.5 Å². The monoisotopic (exact) mass is 355 g/mol. The molecule has 0 radical (unpaired) electrons. The molecule has 0 bridgehead atoms. The molecule has 24 heavy (non-hydrogen) atoms. The van der Waals surface area contributed by atoms with Crippen LogP contribution in [-0.2, 0) is 13.7 Å². The molecule has 0 saturated carbocycles. The van der Waals surface area contributed by atoms with Gasteiger partial charge in [-0.1, -0.05) is 58.0 Å². The predicted octanol–water partition coefficient (Wildman–Crippen LogP) is 4.57. The number of hydrogen-bond acceptors (Lipinski definition) is 3. The van der Waals surface area contributed by atoms with E-state index in [1.54, 1.807) is 6.20 Å². The molecule has 1 saturated heterocycles. The van der Waals surface area contributed by atoms with Crippen molar-refractivity contribution in [3.8, 4) is 0 Å². The van der Waals surface area contributed by atoms with Gasteiger partial charge >= 0.3 is 0 Å². The lowest BCUT2D eigenvalue weighted by Gasteiger charge is -2.28. The highest BCUT2D eigenvalue weighted by molar-refractivity contribution is 8.28. The van der Waals surface area contributed by atoms with Crippen LogP contribution in [0.4, 0.5) is 0 Å². The first-order valence-corrected chi connectivity index (χ1v) is 11.2. The second kappa shape index (κ2) is 11.2. The zero-order valence-electron chi connectivity index (χ0n) is 16.3. The number of rotatable bonds is 5. The molecule has 2 atom stereocenters. The fourth-order valence-corrected chi connectivity index (χ4v) is 2.39. The van der Waals surface area contributed by atoms with Crippen LogP contribution in [0.25, 0.3) is 5.76 Å². The lowest BCUT2D eigenvalue weighted by Crippen LogP contribution is -2.24. The number of ether oxygens (including phenoxy) is 1. The van der Waals surface area contributed by atoms with Gasteiger partial charge < -0.3 is 14.2 Å². The third-order valence-electron chi connectivity index (χ3n) is 2.71. The quantitative estimate of drug-likeness (QED) is 0.622. The van der Waals surface area contributed by atoms with E-state index in [4.69, 9.17) is 8.92 Å². The molecule has 1 aromatic rings. The van der Waals surface area contributed by atoms with Crippen molar-refractivity contribution in [1.29, 1.82) is 0 Å². The van der Waals surface area contributed by atoms with Crippen LogP contribution in [0, 0.1) is 0 Å². The van der Waals surface area contributed by atoms with E-state index in [-0.39, 0.29) is 18.1 Å². The van der Waals surface area contributed by atoms with Gasteiger partial charge in [-0.2, -0.15) is 0 Å². The molecule has 1 N–H and O–H groups in total. The van der Waals surface area contributed by atoms with Crippen LogP contribution >= 0.6 is 10.3 Å². The van der Waals surface area contributed by atoms with Gasteiger partial charge in [0, 0.05) is 11.8 Å². The van der Waals surface area contributed by atoms with E-state index in [2.05, 4.69) is 24.1 Å². The number of carbonyl (C=O) groups excluding carboxylic acids is 1. The fraction of sp³-hybridized carbons (Fsp3) is 0.526. The molecular weight excluding hydrogens is 322 g/mol. The summed E-state index contributed by atoms with van der Waals surface area (Å²) in [5, 5.41) is 2.76. The van der Waals surface area contributed by atoms with Crippen molar-refractivity contribution in [2.24, 2.45) is 0 Å². The molecule has 1 heterocycles. The van der Waals surface area contributed by atoms with Gasteiger partial charge in [-0.15, -0.1) is 10.3 Å². The topological polar surface area (TPSA) is 50.9 Å². The number of carbonyl (C=O) groups is 1. The summed E-state index contributed by atoms with van der Waals surface area (Å²) in [7, 11) is -1.19. The number of amides is 1. The summed E-state index contributed by atoms with van der Waals surface area (Å²) in [6, 6.07) is 9.75. The summed E-state index contributed by atoms with van der Waals surface area (Å²) in [4.78, 5) is 11.8. The molecular formula is C19H33NO3S. The molecule has 138 valence electrons. The van der Waals surface area contributed by atoms with Gasteiger partial charge in [0.2, 0.25) is 0 Å². The second-order valence-corrected chi connectivity index (χ2v) is 9.07. The Hall–Kier alpha value is -1.46. The van der Waals surface area contributed by atoms with Gasteiger partial charge in [0.15, 0.2) is 11.9 Å². The Labute approximate surface area is 149 Å². The Morgan fingerprint density at radius 3 is 2.04 bits per heavy atom. The molecule has 0 spiro atoms. The summed E-state index contributed by atoms with van der Waals surface area (Å²) in [6.07, 6.45) is 7.47. The maximum Gasteiger partial charge on any atom is 0.255 e. The van der Waals surface area contributed by atoms with Crippen molar-refractivity contribution < 1.29 is 13.7 Å². The Kier molecular flexibility index (Phi) is 10.5. The van der Waals surface area contributed by atoms with E-state index in [1.807, 2.05) is 65.0 Å². The average molecular weight is 356 g/mol. The zero-order chi connectivity index (χ0) is 18.8. The van der Waals surface area contributed by atoms with Crippen LogP contribution in [0.3, 0.4) is 0 Å². The van der Waals surface area contributed by atoms with E-state index in [1.165, 1.54) is 0 Å². The van der Waals surface area contributed by atoms with Crippen molar-refractivity contribution in [1.82, 2.24) is 5.32 Å². The largest absolute Gasteiger partial charge is 0.448 e. The van der Waals surface area contributed by atoms with Crippen LogP contribution in [0.1, 0.15) is 40.2 Å². The van der Waals surface area contributed by atoms with Crippen molar-refractivity contribution in [3.05, 3.63) is 42.1 Å². The molecule has 1 fully saturated rings. The molecule has 1 amide bonds. The van der Waals surface area contributed by atoms with E-state index in [0.29, 0.717) is 5.76 Å². The Bertz CT molecular complexity index is 509. The minimum Gasteiger partial charge on any atom is -0.448 e. The number of epoxide rings is 1. The van der Waals surface area contributed by atoms with Gasteiger partial charge in [-0.3, -0.25) is 4.79 Å². The number of benzene rings is 1. The summed E-state index contributed by atoms with van der Waals surface area (Å²) >= 11 is 0. The van der Waals surface area contributed by atoms with Gasteiger partial charge in [0.25, 0.3) is 5.91 Å². The first-order chi connectivity index (χ1) is 11.4. The number of nitrogens with one attached hydrogen (secondary N) is 1. The van der Waals surface area contributed by atoms with Crippen LogP contribution in [0.5, 0.6) is 0 Å². The normalized spacial score (nSPS) is 19.8. The SMILES string of the molecule is CC.CC.CC1OC1C(=O)N/C=C(/OS(C)(C)C)c1ccccc1. The minimum atomic E-state index is -1.19. The highest BCUT2D eigenvalue weighted by atomic mass is 32.3. The average Bonchev–Trinajstić information content (AvgIpc) is 3.32. The molecule has 5 heteroatoms. The maximum absolute atomic E-state index is 11.8. The van der Waals surface area contributed by atoms with Gasteiger partial charge in [-0.25, -0.2) is 0 Å². The van der Waals surface area contributed by atoms with Gasteiger partial charge in [-0.05, 0) is 25.7 Å². The molecule has 0 aliphatic carbocycles. The fourth-order valence-electron chi connectivity index (χ4n) is 1.71. The predicted molar refractivity (Wildman–Crippen MR) is 106 cm³/mol. The highest BCUT2D eigenvalue weighted by Gasteiger charge is 2.40. The first kappa shape index (κ1) is 22.5. The van der Waals surface area contributed by atoms with E-state index in [9.17, 15) is 4.79 Å². The molecule has 1 aromatic carbocycles. The number of hydrogen-bond donors (Lipinski definition) is 1. The molecule has 4 nitrogen and oxygen atoms in total. The Balaban J connectivity index is 0.00000123. The van der Waals surface area contributed by atoms with Crippen molar-refractivity contribution >= 4 is 22.0 Å². The van der Waals surface area contributed by atoms with Crippen LogP contribution in [-0.4, -0.2) is 36.9 Å². The van der Waals surface area contributed by atoms with E-state index < -0.39 is 10.3 Å². The van der Waals surface area contributed by atoms with Crippen molar-refractivity contribution in [2.45, 2.75) is 46.8 Å². The smallest absolute Gasteiger partial charge is 0.255 e. The third kappa shape index (κ3) is 8.41. The highest BCUT2D eigenvalue weighted by Crippen LogP contribution is 2.41. The summed E-state index contributed by atoms with van der Waals surface area (Å²) in [5.74, 6) is 0.549. The first-order valence-electron chi connectivity index (χ1n) is 8.46. The van der Waals surface area contributed by atoms with Crippen molar-refractivity contribution in [3.63, 3.8) is 0 Å². The van der Waals surface area contributed by atoms with E-state index >= 15 is 0 Å². The van der Waals surface area contributed by atoms with E-state index in [0.717, 1.165) is 5.56 Å². The summed E-state index contributed by atoms with van der Waals surface area (Å²) < 4.78 is 11.1. The standard InChI is InChI=1S/C15H21NO3S.2C2H6/c1-11-14(18-11)15(17)16-10-13(19-20(2,3)4)12-8-6-5-7-9-12;2*1-2/h5-11,14H,1-4H3,(H,16,17);2*1-2H3/b13-10+;;. The lowest BCUT2D eigenvalue weighted by molar-refractivity contribution is -0.121. The third-order valence-corrected chi connectivity index (χ3v) is 3.39. The Morgan fingerprint density at radius 1 is 1.12 bits per heavy atom. The van der Waals surface area contributed by atoms with Crippen LogP contribution in [0.2, 0.25) is 0 Å². The van der Waals surface area contributed by atoms with Crippen LogP contribution < -0.4 is 5.32 Å². The van der Waals surface area contributed by atoms with Gasteiger partial charge in [0.05, 0.1) is 6.10 Å². The zero-order valence-corrected chi connectivity index (χ0v) is 17.1. The van der Waals surface area contributed by atoms with Crippen molar-refractivity contribution in [2.75, 3.05) is 18.8 Å².